The van der Waals surface area contributed by atoms with Gasteiger partial charge in [-0.2, -0.15) is 4.98 Å². The topological polar surface area (TPSA) is 199 Å². The van der Waals surface area contributed by atoms with E-state index < -0.39 is 46.4 Å². The van der Waals surface area contributed by atoms with Crippen LogP contribution in [0.5, 0.6) is 0 Å². The number of aromatic amines is 1. The van der Waals surface area contributed by atoms with Gasteiger partial charge < -0.3 is 19.3 Å². The van der Waals surface area contributed by atoms with Gasteiger partial charge in [0.05, 0.1) is 6.33 Å². The van der Waals surface area contributed by atoms with E-state index in [1.165, 1.54) is 10.9 Å². The molecule has 0 aliphatic carbocycles. The van der Waals surface area contributed by atoms with Crippen molar-refractivity contribution in [1.82, 2.24) is 29.0 Å². The summed E-state index contributed by atoms with van der Waals surface area (Å²) in [6, 6.07) is 8.92. The second-order valence-corrected chi connectivity index (χ2v) is 9.74. The standard InChI is InChI=1S/C21H19N7O8S2/c29-13(26(9-14(30)31)6-7-28-20(34)37-38-21(28)35)8-27-11-22-15-16(27)23-18(24-17(15)32)25-19(33)36-10-12-4-2-1-3-5-12/h1-5,11H,6-10H2,(H,30,31)(H2,23,24,25,32,33). The third kappa shape index (κ3) is 6.37. The van der Waals surface area contributed by atoms with Crippen molar-refractivity contribution in [2.24, 2.45) is 0 Å². The van der Waals surface area contributed by atoms with E-state index in [2.05, 4.69) is 20.3 Å². The summed E-state index contributed by atoms with van der Waals surface area (Å²) in [7, 11) is 1.49. The van der Waals surface area contributed by atoms with E-state index in [4.69, 9.17) is 4.74 Å². The number of carboxylic acid groups (broad SMARTS) is 1. The van der Waals surface area contributed by atoms with Crippen LogP contribution in [0, 0.1) is 0 Å². The lowest BCUT2D eigenvalue weighted by molar-refractivity contribution is -0.144. The number of aliphatic carboxylic acids is 1. The Balaban J connectivity index is 1.48. The molecule has 0 saturated heterocycles. The first-order valence-electron chi connectivity index (χ1n) is 10.8. The van der Waals surface area contributed by atoms with Gasteiger partial charge in [0.15, 0.2) is 11.2 Å². The summed E-state index contributed by atoms with van der Waals surface area (Å²) in [5.74, 6) is -2.24. The number of nitrogens with zero attached hydrogens (tertiary/aromatic N) is 5. The van der Waals surface area contributed by atoms with Gasteiger partial charge in [0.2, 0.25) is 11.9 Å². The number of carbonyl (C=O) groups excluding carboxylic acids is 2. The number of rotatable bonds is 10. The Morgan fingerprint density at radius 1 is 1.11 bits per heavy atom. The van der Waals surface area contributed by atoms with Gasteiger partial charge in [-0.3, -0.25) is 38.8 Å². The lowest BCUT2D eigenvalue weighted by Gasteiger charge is -2.20. The van der Waals surface area contributed by atoms with E-state index >= 15 is 0 Å². The van der Waals surface area contributed by atoms with E-state index in [0.29, 0.717) is 0 Å². The molecular weight excluding hydrogens is 542 g/mol. The molecule has 15 nitrogen and oxygen atoms in total. The molecule has 3 heterocycles. The summed E-state index contributed by atoms with van der Waals surface area (Å²) in [5, 5.41) is 11.5. The third-order valence-electron chi connectivity index (χ3n) is 5.11. The van der Waals surface area contributed by atoms with Crippen molar-refractivity contribution in [3.05, 3.63) is 71.9 Å². The van der Waals surface area contributed by atoms with Gasteiger partial charge in [0.1, 0.15) is 19.7 Å². The molecule has 38 heavy (non-hydrogen) atoms. The fourth-order valence-electron chi connectivity index (χ4n) is 3.32. The van der Waals surface area contributed by atoms with Crippen LogP contribution in [0.2, 0.25) is 0 Å². The molecule has 3 N–H and O–H groups in total. The Bertz CT molecular complexity index is 1630. The van der Waals surface area contributed by atoms with Gasteiger partial charge in [-0.25, -0.2) is 9.78 Å². The fourth-order valence-corrected chi connectivity index (χ4v) is 5.02. The van der Waals surface area contributed by atoms with Crippen molar-refractivity contribution >= 4 is 55.8 Å². The number of imidazole rings is 1. The number of anilines is 1. The Morgan fingerprint density at radius 3 is 2.50 bits per heavy atom. The number of amides is 2. The minimum atomic E-state index is -1.30. The van der Waals surface area contributed by atoms with Gasteiger partial charge in [-0.05, 0) is 26.2 Å². The maximum atomic E-state index is 12.9. The zero-order chi connectivity index (χ0) is 27.2. The summed E-state index contributed by atoms with van der Waals surface area (Å²) in [6.45, 7) is -1.56. The van der Waals surface area contributed by atoms with Gasteiger partial charge in [0, 0.05) is 13.1 Å². The highest BCUT2D eigenvalue weighted by atomic mass is 32.9. The molecule has 0 spiro atoms. The quantitative estimate of drug-likeness (QED) is 0.224. The minimum Gasteiger partial charge on any atom is -0.480 e. The van der Waals surface area contributed by atoms with E-state index in [1.807, 2.05) is 6.07 Å². The second-order valence-electron chi connectivity index (χ2n) is 7.71. The number of H-pyrrole nitrogens is 1. The van der Waals surface area contributed by atoms with Crippen LogP contribution in [0.15, 0.2) is 51.0 Å². The number of ether oxygens (including phenoxy) is 1. The van der Waals surface area contributed by atoms with E-state index in [1.54, 1.807) is 24.3 Å². The van der Waals surface area contributed by atoms with Gasteiger partial charge in [-0.1, -0.05) is 30.3 Å². The molecule has 0 unspecified atom stereocenters. The van der Waals surface area contributed by atoms with E-state index in [9.17, 15) is 33.9 Å². The number of hydrogen-bond donors (Lipinski definition) is 3. The van der Waals surface area contributed by atoms with Crippen molar-refractivity contribution in [2.75, 3.05) is 18.4 Å². The van der Waals surface area contributed by atoms with Crippen LogP contribution in [-0.2, 0) is 34.0 Å². The number of fused-ring (bicyclic) bond motifs is 1. The summed E-state index contributed by atoms with van der Waals surface area (Å²) >= 11 is 0. The lowest BCUT2D eigenvalue weighted by atomic mass is 10.2. The normalized spacial score (nSPS) is 10.8. The van der Waals surface area contributed by atoms with Crippen LogP contribution in [0.3, 0.4) is 0 Å². The van der Waals surface area contributed by atoms with Crippen LogP contribution >= 0.6 is 20.7 Å². The van der Waals surface area contributed by atoms with Crippen molar-refractivity contribution in [1.29, 1.82) is 0 Å². The summed E-state index contributed by atoms with van der Waals surface area (Å²) < 4.78 is 7.23. The van der Waals surface area contributed by atoms with Gasteiger partial charge in [-0.15, -0.1) is 0 Å². The van der Waals surface area contributed by atoms with Gasteiger partial charge in [0.25, 0.3) is 5.56 Å². The predicted molar refractivity (Wildman–Crippen MR) is 135 cm³/mol. The van der Waals surface area contributed by atoms with E-state index in [0.717, 1.165) is 35.7 Å². The summed E-state index contributed by atoms with van der Waals surface area (Å²) in [4.78, 5) is 82.8. The molecule has 0 saturated carbocycles. The monoisotopic (exact) mass is 561 g/mol. The number of benzene rings is 1. The molecule has 0 fully saturated rings. The highest BCUT2D eigenvalue weighted by Gasteiger charge is 2.21. The molecule has 0 bridgehead atoms. The second kappa shape index (κ2) is 11.6. The van der Waals surface area contributed by atoms with Crippen molar-refractivity contribution < 1.29 is 24.2 Å². The third-order valence-corrected chi connectivity index (χ3v) is 7.03. The highest BCUT2D eigenvalue weighted by Crippen LogP contribution is 2.10. The Kier molecular flexibility index (Phi) is 8.07. The molecule has 4 aromatic rings. The largest absolute Gasteiger partial charge is 0.480 e. The zero-order valence-electron chi connectivity index (χ0n) is 19.4. The Hall–Kier alpha value is -4.64. The van der Waals surface area contributed by atoms with E-state index in [-0.39, 0.29) is 36.8 Å². The highest BCUT2D eigenvalue weighted by molar-refractivity contribution is 7.67. The maximum absolute atomic E-state index is 12.9. The van der Waals surface area contributed by atoms with Crippen LogP contribution < -0.4 is 20.6 Å². The molecule has 0 radical (unpaired) electrons. The predicted octanol–water partition coefficient (Wildman–Crippen LogP) is 0.127. The van der Waals surface area contributed by atoms with Gasteiger partial charge >= 0.3 is 21.8 Å². The zero-order valence-corrected chi connectivity index (χ0v) is 21.0. The first-order chi connectivity index (χ1) is 18.2. The fraction of sp³-hybridized carbons (Fsp3) is 0.238. The molecule has 0 aliphatic heterocycles. The summed E-state index contributed by atoms with van der Waals surface area (Å²) in [6.07, 6.45) is 0.288. The Morgan fingerprint density at radius 2 is 1.82 bits per heavy atom. The molecule has 1 aromatic carbocycles. The molecular formula is C21H19N7O8S2. The molecule has 3 aromatic heterocycles. The van der Waals surface area contributed by atoms with Crippen LogP contribution in [0.1, 0.15) is 5.56 Å². The first-order valence-corrected chi connectivity index (χ1v) is 13.0. The van der Waals surface area contributed by atoms with Crippen LogP contribution in [0.25, 0.3) is 11.2 Å². The number of carbonyl (C=O) groups is 3. The average Bonchev–Trinajstić information content (AvgIpc) is 3.43. The molecule has 0 aliphatic rings. The number of hydrogen-bond acceptors (Lipinski definition) is 11. The average molecular weight is 562 g/mol. The summed E-state index contributed by atoms with van der Waals surface area (Å²) in [5.41, 5.74) is -0.109. The maximum Gasteiger partial charge on any atom is 0.414 e. The first kappa shape index (κ1) is 26.4. The molecule has 198 valence electrons. The number of carboxylic acids is 1. The lowest BCUT2D eigenvalue weighted by Crippen LogP contribution is -2.41. The Labute approximate surface area is 219 Å². The molecule has 2 amide bonds. The van der Waals surface area contributed by atoms with Crippen LogP contribution in [0.4, 0.5) is 10.7 Å². The smallest absolute Gasteiger partial charge is 0.414 e. The molecule has 4 rings (SSSR count). The number of aromatic nitrogens is 5. The van der Waals surface area contributed by atoms with Crippen molar-refractivity contribution in [2.45, 2.75) is 19.7 Å². The van der Waals surface area contributed by atoms with Crippen molar-refractivity contribution in [3.63, 3.8) is 0 Å². The van der Waals surface area contributed by atoms with Crippen molar-refractivity contribution in [3.8, 4) is 0 Å². The van der Waals surface area contributed by atoms with Crippen LogP contribution in [-0.4, -0.2) is 65.2 Å². The number of nitrogens with one attached hydrogen (secondary N) is 2. The minimum absolute atomic E-state index is 0.0169. The SMILES string of the molecule is O=C(O)CN(CCn1c(=O)ssc1=O)C(=O)Cn1cnc2c(=O)[nH]c(NC(=O)OCc3ccccc3)nc21. The molecule has 17 heteroatoms. The molecule has 0 atom stereocenters.